The molecule has 0 unspecified atom stereocenters. The highest BCUT2D eigenvalue weighted by molar-refractivity contribution is 5.60. The monoisotopic (exact) mass is 444 g/mol. The van der Waals surface area contributed by atoms with Crippen LogP contribution < -0.4 is 15.2 Å². The lowest BCUT2D eigenvalue weighted by atomic mass is 9.54. The van der Waals surface area contributed by atoms with Crippen molar-refractivity contribution in [3.05, 3.63) is 46.7 Å². The Labute approximate surface area is 196 Å². The van der Waals surface area contributed by atoms with Gasteiger partial charge >= 0.3 is 0 Å². The Hall–Kier alpha value is -3.43. The third-order valence-corrected chi connectivity index (χ3v) is 7.03. The van der Waals surface area contributed by atoms with Crippen LogP contribution in [-0.2, 0) is 0 Å². The Bertz CT molecular complexity index is 1090. The minimum Gasteiger partial charge on any atom is -0.490 e. The van der Waals surface area contributed by atoms with Crippen molar-refractivity contribution in [1.29, 1.82) is 15.8 Å². The summed E-state index contributed by atoms with van der Waals surface area (Å²) < 4.78 is 11.6. The summed E-state index contributed by atoms with van der Waals surface area (Å²) in [6.07, 6.45) is 3.69. The summed E-state index contributed by atoms with van der Waals surface area (Å²) in [4.78, 5) is 0. The van der Waals surface area contributed by atoms with E-state index in [4.69, 9.17) is 15.2 Å². The van der Waals surface area contributed by atoms with Gasteiger partial charge in [0, 0.05) is 5.92 Å². The molecule has 0 fully saturated rings. The maximum Gasteiger partial charge on any atom is 0.191 e. The lowest BCUT2D eigenvalue weighted by Gasteiger charge is -2.47. The van der Waals surface area contributed by atoms with Crippen LogP contribution in [0.15, 0.2) is 41.1 Å². The molecule has 2 aliphatic rings. The van der Waals surface area contributed by atoms with Gasteiger partial charge in [0.05, 0.1) is 36.6 Å². The first-order valence-corrected chi connectivity index (χ1v) is 11.5. The molecule has 1 aromatic rings. The van der Waals surface area contributed by atoms with E-state index >= 15 is 0 Å². The zero-order chi connectivity index (χ0) is 24.4. The summed E-state index contributed by atoms with van der Waals surface area (Å²) in [6.45, 7) is 11.4. The number of benzene rings is 1. The van der Waals surface area contributed by atoms with Crippen molar-refractivity contribution in [2.24, 2.45) is 28.4 Å². The van der Waals surface area contributed by atoms with Gasteiger partial charge in [-0.2, -0.15) is 15.8 Å². The molecule has 0 heterocycles. The molecule has 172 valence electrons. The van der Waals surface area contributed by atoms with Gasteiger partial charge in [-0.25, -0.2) is 0 Å². The number of fused-ring (bicyclic) bond motifs is 1. The quantitative estimate of drug-likeness (QED) is 0.654. The van der Waals surface area contributed by atoms with Crippen LogP contribution in [0.1, 0.15) is 58.9 Å². The maximum atomic E-state index is 10.3. The van der Waals surface area contributed by atoms with Crippen LogP contribution >= 0.6 is 0 Å². The summed E-state index contributed by atoms with van der Waals surface area (Å²) >= 11 is 0. The van der Waals surface area contributed by atoms with E-state index in [0.29, 0.717) is 30.6 Å². The molecule has 6 heteroatoms. The van der Waals surface area contributed by atoms with Crippen molar-refractivity contribution in [1.82, 2.24) is 0 Å². The Kier molecular flexibility index (Phi) is 6.76. The van der Waals surface area contributed by atoms with Gasteiger partial charge in [-0.05, 0) is 67.2 Å². The molecule has 6 nitrogen and oxygen atoms in total. The number of nitrogens with zero attached hydrogens (tertiary/aromatic N) is 3. The Morgan fingerprint density at radius 2 is 1.70 bits per heavy atom. The Balaban J connectivity index is 2.28. The van der Waals surface area contributed by atoms with E-state index in [2.05, 4.69) is 45.1 Å². The van der Waals surface area contributed by atoms with Crippen molar-refractivity contribution < 1.29 is 9.47 Å². The summed E-state index contributed by atoms with van der Waals surface area (Å²) in [7, 11) is 0. The second-order valence-electron chi connectivity index (χ2n) is 9.78. The van der Waals surface area contributed by atoms with Gasteiger partial charge in [-0.3, -0.25) is 0 Å². The van der Waals surface area contributed by atoms with Crippen LogP contribution in [0.2, 0.25) is 0 Å². The minimum atomic E-state index is -1.65. The second kappa shape index (κ2) is 9.21. The molecule has 0 aliphatic heterocycles. The number of allylic oxidation sites excluding steroid dienone is 4. The van der Waals surface area contributed by atoms with Gasteiger partial charge in [-0.1, -0.05) is 32.9 Å². The van der Waals surface area contributed by atoms with Crippen LogP contribution in [0.3, 0.4) is 0 Å². The molecular formula is C27H32N4O2. The number of hydrogen-bond acceptors (Lipinski definition) is 6. The highest BCUT2D eigenvalue weighted by atomic mass is 16.5. The zero-order valence-corrected chi connectivity index (χ0v) is 20.1. The standard InChI is InChI=1S/C27H32N4O2/c1-6-32-22-11-8-17(12-23(22)33-7-2)24-20-13-18(26(3,4)5)9-10-19(20)21(14-28)25(31)27(24,15-29)16-30/h8,10-12,18,20,24H,6-7,9,13,31H2,1-5H3/t18-,20-,24-/m1/s1. The van der Waals surface area contributed by atoms with E-state index in [1.54, 1.807) is 0 Å². The average molecular weight is 445 g/mol. The van der Waals surface area contributed by atoms with E-state index in [1.165, 1.54) is 0 Å². The van der Waals surface area contributed by atoms with Crippen LogP contribution in [0.5, 0.6) is 11.5 Å². The fourth-order valence-corrected chi connectivity index (χ4v) is 5.24. The van der Waals surface area contributed by atoms with Crippen LogP contribution in [0.4, 0.5) is 0 Å². The lowest BCUT2D eigenvalue weighted by molar-refractivity contribution is 0.170. The molecule has 0 bridgehead atoms. The Morgan fingerprint density at radius 1 is 1.06 bits per heavy atom. The highest BCUT2D eigenvalue weighted by Gasteiger charge is 2.55. The van der Waals surface area contributed by atoms with Crippen molar-refractivity contribution in [2.75, 3.05) is 13.2 Å². The molecule has 0 spiro atoms. The molecule has 0 radical (unpaired) electrons. The maximum absolute atomic E-state index is 10.3. The molecule has 0 amide bonds. The molecule has 0 saturated carbocycles. The first kappa shape index (κ1) is 24.2. The first-order valence-electron chi connectivity index (χ1n) is 11.5. The topological polar surface area (TPSA) is 116 Å². The Morgan fingerprint density at radius 3 is 2.24 bits per heavy atom. The van der Waals surface area contributed by atoms with Gasteiger partial charge in [-0.15, -0.1) is 0 Å². The fraction of sp³-hybridized carbons (Fsp3) is 0.519. The van der Waals surface area contributed by atoms with E-state index < -0.39 is 11.3 Å². The third kappa shape index (κ3) is 4.05. The molecule has 33 heavy (non-hydrogen) atoms. The van der Waals surface area contributed by atoms with Crippen LogP contribution in [0, 0.1) is 56.7 Å². The zero-order valence-electron chi connectivity index (χ0n) is 20.1. The lowest BCUT2D eigenvalue weighted by Crippen LogP contribution is -2.44. The minimum absolute atomic E-state index is 0.0450. The van der Waals surface area contributed by atoms with Crippen molar-refractivity contribution >= 4 is 0 Å². The van der Waals surface area contributed by atoms with E-state index in [0.717, 1.165) is 24.0 Å². The second-order valence-corrected chi connectivity index (χ2v) is 9.78. The van der Waals surface area contributed by atoms with Gasteiger partial charge in [0.25, 0.3) is 0 Å². The number of rotatable bonds is 5. The average Bonchev–Trinajstić information content (AvgIpc) is 2.79. The smallest absolute Gasteiger partial charge is 0.191 e. The molecule has 2 aliphatic carbocycles. The third-order valence-electron chi connectivity index (χ3n) is 7.03. The SMILES string of the molecule is CCOc1ccc([C@@H]2[C@@H]3C[C@H](C(C)(C)C)CC=C3C(C#N)=C(N)C2(C#N)C#N)cc1OCC. The van der Waals surface area contributed by atoms with Crippen molar-refractivity contribution in [2.45, 2.75) is 53.4 Å². The van der Waals surface area contributed by atoms with Crippen LogP contribution in [0.25, 0.3) is 0 Å². The summed E-state index contributed by atoms with van der Waals surface area (Å²) in [5.74, 6) is 0.820. The van der Waals surface area contributed by atoms with Crippen molar-refractivity contribution in [3.63, 3.8) is 0 Å². The highest BCUT2D eigenvalue weighted by Crippen LogP contribution is 2.58. The van der Waals surface area contributed by atoms with Crippen LogP contribution in [-0.4, -0.2) is 13.2 Å². The number of nitriles is 3. The van der Waals surface area contributed by atoms with Gasteiger partial charge < -0.3 is 15.2 Å². The van der Waals surface area contributed by atoms with E-state index in [1.807, 2.05) is 32.0 Å². The molecule has 0 aromatic heterocycles. The normalized spacial score (nSPS) is 23.9. The van der Waals surface area contributed by atoms with E-state index in [9.17, 15) is 15.8 Å². The molecule has 3 rings (SSSR count). The fourth-order valence-electron chi connectivity index (χ4n) is 5.24. The first-order chi connectivity index (χ1) is 15.7. The van der Waals surface area contributed by atoms with Gasteiger partial charge in [0.2, 0.25) is 0 Å². The summed E-state index contributed by atoms with van der Waals surface area (Å²) in [5.41, 5.74) is 6.80. The molecule has 1 aromatic carbocycles. The van der Waals surface area contributed by atoms with Crippen molar-refractivity contribution in [3.8, 4) is 29.7 Å². The number of hydrogen-bond donors (Lipinski definition) is 1. The van der Waals surface area contributed by atoms with E-state index in [-0.39, 0.29) is 22.6 Å². The number of ether oxygens (including phenoxy) is 2. The molecule has 0 saturated heterocycles. The van der Waals surface area contributed by atoms with Gasteiger partial charge in [0.15, 0.2) is 16.9 Å². The predicted octanol–water partition coefficient (Wildman–Crippen LogP) is 5.35. The summed E-state index contributed by atoms with van der Waals surface area (Å²) in [5, 5.41) is 30.6. The predicted molar refractivity (Wildman–Crippen MR) is 126 cm³/mol. The largest absolute Gasteiger partial charge is 0.490 e. The molecular weight excluding hydrogens is 412 g/mol. The molecule has 3 atom stereocenters. The van der Waals surface area contributed by atoms with Gasteiger partial charge in [0.1, 0.15) is 6.07 Å². The number of nitrogens with two attached hydrogens (primary N) is 1. The molecule has 2 N–H and O–H groups in total. The summed E-state index contributed by atoms with van der Waals surface area (Å²) in [6, 6.07) is 12.2.